The second kappa shape index (κ2) is 9.55. The van der Waals surface area contributed by atoms with E-state index in [-0.39, 0.29) is 17.2 Å². The van der Waals surface area contributed by atoms with Crippen molar-refractivity contribution in [3.8, 4) is 0 Å². The molecular weight excluding hydrogens is 412 g/mol. The van der Waals surface area contributed by atoms with Crippen molar-refractivity contribution >= 4 is 46.2 Å². The predicted molar refractivity (Wildman–Crippen MR) is 114 cm³/mol. The van der Waals surface area contributed by atoms with Crippen LogP contribution in [0, 0.1) is 10.1 Å². The van der Waals surface area contributed by atoms with Gasteiger partial charge < -0.3 is 20.3 Å². The maximum Gasteiger partial charge on any atom is 0.270 e. The number of benzene rings is 2. The van der Waals surface area contributed by atoms with Crippen molar-refractivity contribution in [1.82, 2.24) is 0 Å². The van der Waals surface area contributed by atoms with Crippen LogP contribution in [-0.4, -0.2) is 43.5 Å². The molecule has 9 nitrogen and oxygen atoms in total. The second-order valence-corrected chi connectivity index (χ2v) is 7.08. The first kappa shape index (κ1) is 21.5. The molecule has 0 bridgehead atoms. The average molecular weight is 433 g/mol. The summed E-state index contributed by atoms with van der Waals surface area (Å²) in [6, 6.07) is 8.88. The molecule has 0 saturated carbocycles. The fraction of sp³-hybridized carbons (Fsp3) is 0.300. The molecule has 2 N–H and O–H groups in total. The molecule has 0 atom stereocenters. The van der Waals surface area contributed by atoms with E-state index in [4.69, 9.17) is 16.3 Å². The number of nitrogens with zero attached hydrogens (tertiary/aromatic N) is 2. The molecule has 158 valence electrons. The molecular formula is C20H21ClN4O5. The van der Waals surface area contributed by atoms with Crippen LogP contribution in [-0.2, 0) is 9.53 Å². The normalized spacial score (nSPS) is 13.4. The Bertz CT molecular complexity index is 982. The summed E-state index contributed by atoms with van der Waals surface area (Å²) in [4.78, 5) is 36.9. The first-order valence-electron chi connectivity index (χ1n) is 9.33. The van der Waals surface area contributed by atoms with Gasteiger partial charge in [0.15, 0.2) is 0 Å². The summed E-state index contributed by atoms with van der Waals surface area (Å²) in [5.74, 6) is -0.517. The van der Waals surface area contributed by atoms with Gasteiger partial charge in [-0.05, 0) is 30.7 Å². The number of carbonyl (C=O) groups excluding carboxylic acids is 2. The van der Waals surface area contributed by atoms with Crippen molar-refractivity contribution in [3.05, 3.63) is 57.1 Å². The maximum absolute atomic E-state index is 12.8. The van der Waals surface area contributed by atoms with Gasteiger partial charge in [0.05, 0.1) is 27.8 Å². The van der Waals surface area contributed by atoms with Gasteiger partial charge in [-0.25, -0.2) is 0 Å². The molecule has 2 aromatic rings. The summed E-state index contributed by atoms with van der Waals surface area (Å²) in [7, 11) is 1.55. The minimum Gasteiger partial charge on any atom is -0.383 e. The van der Waals surface area contributed by atoms with Crippen molar-refractivity contribution in [1.29, 1.82) is 0 Å². The Kier molecular flexibility index (Phi) is 6.86. The van der Waals surface area contributed by atoms with E-state index in [0.29, 0.717) is 48.2 Å². The van der Waals surface area contributed by atoms with E-state index in [1.165, 1.54) is 18.2 Å². The van der Waals surface area contributed by atoms with Crippen LogP contribution in [0.4, 0.5) is 22.7 Å². The molecule has 30 heavy (non-hydrogen) atoms. The monoisotopic (exact) mass is 432 g/mol. The summed E-state index contributed by atoms with van der Waals surface area (Å²) < 4.78 is 4.98. The lowest BCUT2D eigenvalue weighted by Crippen LogP contribution is -2.24. The number of rotatable bonds is 8. The highest BCUT2D eigenvalue weighted by atomic mass is 35.5. The highest BCUT2D eigenvalue weighted by Gasteiger charge is 2.24. The molecule has 1 aliphatic heterocycles. The third-order valence-corrected chi connectivity index (χ3v) is 4.95. The molecule has 0 unspecified atom stereocenters. The largest absolute Gasteiger partial charge is 0.383 e. The van der Waals surface area contributed by atoms with Gasteiger partial charge in [0.2, 0.25) is 5.91 Å². The molecule has 0 aliphatic carbocycles. The molecule has 0 radical (unpaired) electrons. The fourth-order valence-corrected chi connectivity index (χ4v) is 3.46. The molecule has 3 rings (SSSR count). The molecule has 1 aliphatic rings. The highest BCUT2D eigenvalue weighted by Crippen LogP contribution is 2.32. The van der Waals surface area contributed by atoms with Gasteiger partial charge in [-0.3, -0.25) is 19.7 Å². The van der Waals surface area contributed by atoms with Crippen molar-refractivity contribution in [2.24, 2.45) is 0 Å². The molecule has 1 fully saturated rings. The molecule has 1 saturated heterocycles. The second-order valence-electron chi connectivity index (χ2n) is 6.68. The van der Waals surface area contributed by atoms with Crippen LogP contribution in [0.15, 0.2) is 36.4 Å². The van der Waals surface area contributed by atoms with E-state index >= 15 is 0 Å². The van der Waals surface area contributed by atoms with E-state index in [0.717, 1.165) is 6.42 Å². The van der Waals surface area contributed by atoms with Gasteiger partial charge in [0.1, 0.15) is 0 Å². The van der Waals surface area contributed by atoms with E-state index in [1.807, 2.05) is 0 Å². The molecule has 10 heteroatoms. The number of nitro groups is 1. The first-order valence-corrected chi connectivity index (χ1v) is 9.71. The van der Waals surface area contributed by atoms with E-state index in [2.05, 4.69) is 10.6 Å². The van der Waals surface area contributed by atoms with Crippen LogP contribution in [0.5, 0.6) is 0 Å². The van der Waals surface area contributed by atoms with Crippen LogP contribution in [0.25, 0.3) is 0 Å². The number of nitrogens with one attached hydrogen (secondary N) is 2. The number of ether oxygens (including phenoxy) is 1. The summed E-state index contributed by atoms with van der Waals surface area (Å²) in [6.07, 6.45) is 1.26. The van der Waals surface area contributed by atoms with Crippen LogP contribution < -0.4 is 15.5 Å². The summed E-state index contributed by atoms with van der Waals surface area (Å²) in [5, 5.41) is 17.2. The van der Waals surface area contributed by atoms with Crippen molar-refractivity contribution < 1.29 is 19.2 Å². The molecule has 2 amide bonds. The number of nitro benzene ring substituents is 1. The third-order valence-electron chi connectivity index (χ3n) is 4.65. The van der Waals surface area contributed by atoms with Crippen LogP contribution in [0.2, 0.25) is 5.02 Å². The lowest BCUT2D eigenvalue weighted by atomic mass is 10.1. The Morgan fingerprint density at radius 3 is 2.73 bits per heavy atom. The van der Waals surface area contributed by atoms with Crippen LogP contribution in [0.3, 0.4) is 0 Å². The number of anilines is 3. The van der Waals surface area contributed by atoms with Gasteiger partial charge in [0.25, 0.3) is 11.6 Å². The van der Waals surface area contributed by atoms with E-state index in [1.54, 1.807) is 30.2 Å². The summed E-state index contributed by atoms with van der Waals surface area (Å²) in [6.45, 7) is 1.44. The lowest BCUT2D eigenvalue weighted by Gasteiger charge is -2.18. The Labute approximate surface area is 178 Å². The van der Waals surface area contributed by atoms with Gasteiger partial charge >= 0.3 is 0 Å². The lowest BCUT2D eigenvalue weighted by molar-refractivity contribution is -0.384. The average Bonchev–Trinajstić information content (AvgIpc) is 3.14. The Morgan fingerprint density at radius 2 is 2.10 bits per heavy atom. The quantitative estimate of drug-likeness (QED) is 0.373. The zero-order valence-electron chi connectivity index (χ0n) is 16.3. The zero-order valence-corrected chi connectivity index (χ0v) is 17.1. The number of halogens is 1. The summed E-state index contributed by atoms with van der Waals surface area (Å²) in [5.41, 5.74) is 1.37. The first-order chi connectivity index (χ1) is 14.4. The maximum atomic E-state index is 12.8. The molecule has 2 aromatic carbocycles. The van der Waals surface area contributed by atoms with E-state index in [9.17, 15) is 19.7 Å². The van der Waals surface area contributed by atoms with Gasteiger partial charge in [-0.15, -0.1) is 0 Å². The van der Waals surface area contributed by atoms with Crippen molar-refractivity contribution in [2.45, 2.75) is 12.8 Å². The summed E-state index contributed by atoms with van der Waals surface area (Å²) >= 11 is 6.33. The molecule has 0 spiro atoms. The fourth-order valence-electron chi connectivity index (χ4n) is 3.18. The number of carbonyl (C=O) groups is 2. The highest BCUT2D eigenvalue weighted by molar-refractivity contribution is 6.34. The third kappa shape index (κ3) is 4.87. The Hall–Kier alpha value is -3.17. The number of methoxy groups -OCH3 is 1. The number of hydrogen-bond acceptors (Lipinski definition) is 6. The van der Waals surface area contributed by atoms with Crippen LogP contribution in [0.1, 0.15) is 23.2 Å². The zero-order chi connectivity index (χ0) is 21.7. The minimum absolute atomic E-state index is 0.0112. The Balaban J connectivity index is 1.82. The molecule has 0 aromatic heterocycles. The topological polar surface area (TPSA) is 114 Å². The number of amides is 2. The van der Waals surface area contributed by atoms with Gasteiger partial charge in [-0.2, -0.15) is 0 Å². The number of non-ortho nitro benzene ring substituents is 1. The van der Waals surface area contributed by atoms with Gasteiger partial charge in [-0.1, -0.05) is 11.6 Å². The van der Waals surface area contributed by atoms with Crippen LogP contribution >= 0.6 is 11.6 Å². The number of hydrogen-bond donors (Lipinski definition) is 2. The van der Waals surface area contributed by atoms with Crippen molar-refractivity contribution in [3.63, 3.8) is 0 Å². The predicted octanol–water partition coefficient (Wildman–Crippen LogP) is 3.69. The van der Waals surface area contributed by atoms with E-state index < -0.39 is 10.8 Å². The molecule has 1 heterocycles. The SMILES string of the molecule is COCCNc1ccc([N+](=O)[O-])cc1C(=O)Nc1ccc(N2CCCC2=O)c(Cl)c1. The Morgan fingerprint density at radius 1 is 1.30 bits per heavy atom. The standard InChI is InChI=1S/C20H21ClN4O5/c1-30-10-8-22-17-6-5-14(25(28)29)12-15(17)20(27)23-13-4-7-18(16(21)11-13)24-9-2-3-19(24)26/h4-7,11-12,22H,2-3,8-10H2,1H3,(H,23,27). The van der Waals surface area contributed by atoms with Crippen molar-refractivity contribution in [2.75, 3.05) is 42.3 Å². The minimum atomic E-state index is -0.561. The van der Waals surface area contributed by atoms with Gasteiger partial charge in [0, 0.05) is 50.1 Å². The smallest absolute Gasteiger partial charge is 0.270 e.